The highest BCUT2D eigenvalue weighted by Gasteiger charge is 2.35. The molecule has 0 amide bonds. The minimum absolute atomic E-state index is 0.375. The van der Waals surface area contributed by atoms with E-state index in [0.29, 0.717) is 5.92 Å². The third-order valence-electron chi connectivity index (χ3n) is 6.70. The molecule has 4 aromatic rings. The van der Waals surface area contributed by atoms with Gasteiger partial charge in [-0.2, -0.15) is 0 Å². The third kappa shape index (κ3) is 2.82. The maximum Gasteiger partial charge on any atom is 0.0896 e. The second kappa shape index (κ2) is 6.76. The van der Waals surface area contributed by atoms with E-state index in [0.717, 1.165) is 18.4 Å². The van der Waals surface area contributed by atoms with Gasteiger partial charge in [0.2, 0.25) is 0 Å². The number of hydrogen-bond acceptors (Lipinski definition) is 1. The van der Waals surface area contributed by atoms with Gasteiger partial charge in [0, 0.05) is 0 Å². The van der Waals surface area contributed by atoms with Crippen molar-refractivity contribution in [3.63, 3.8) is 0 Å². The monoisotopic (exact) mass is 366 g/mol. The van der Waals surface area contributed by atoms with Crippen molar-refractivity contribution in [2.45, 2.75) is 38.2 Å². The van der Waals surface area contributed by atoms with Crippen LogP contribution in [-0.2, 0) is 5.60 Å². The van der Waals surface area contributed by atoms with Crippen LogP contribution in [0.5, 0.6) is 0 Å². The molecular weight excluding hydrogens is 340 g/mol. The second-order valence-electron chi connectivity index (χ2n) is 8.40. The molecule has 0 aliphatic heterocycles. The first-order valence-electron chi connectivity index (χ1n) is 10.4. The Kier molecular flexibility index (Phi) is 4.21. The predicted molar refractivity (Wildman–Crippen MR) is 118 cm³/mol. The highest BCUT2D eigenvalue weighted by atomic mass is 16.3. The Morgan fingerprint density at radius 1 is 0.750 bits per heavy atom. The van der Waals surface area contributed by atoms with Crippen LogP contribution >= 0.6 is 0 Å². The lowest BCUT2D eigenvalue weighted by Gasteiger charge is -2.30. The normalized spacial score (nSPS) is 17.2. The molecule has 0 heterocycles. The van der Waals surface area contributed by atoms with Crippen molar-refractivity contribution in [1.82, 2.24) is 0 Å². The van der Waals surface area contributed by atoms with Gasteiger partial charge in [-0.1, -0.05) is 85.6 Å². The van der Waals surface area contributed by atoms with Crippen molar-refractivity contribution in [3.05, 3.63) is 84.4 Å². The summed E-state index contributed by atoms with van der Waals surface area (Å²) in [6.45, 7) is 1.99. The quantitative estimate of drug-likeness (QED) is 0.385. The van der Waals surface area contributed by atoms with Crippen LogP contribution in [0.2, 0.25) is 0 Å². The van der Waals surface area contributed by atoms with Crippen LogP contribution < -0.4 is 0 Å². The first-order valence-corrected chi connectivity index (χ1v) is 10.4. The van der Waals surface area contributed by atoms with E-state index in [1.807, 2.05) is 6.92 Å². The van der Waals surface area contributed by atoms with Crippen molar-refractivity contribution >= 4 is 21.5 Å². The molecule has 1 N–H and O–H groups in total. The lowest BCUT2D eigenvalue weighted by molar-refractivity contribution is -0.00331. The van der Waals surface area contributed by atoms with Crippen LogP contribution in [0.3, 0.4) is 0 Å². The van der Waals surface area contributed by atoms with Crippen LogP contribution in [0.4, 0.5) is 0 Å². The fourth-order valence-corrected chi connectivity index (χ4v) is 5.00. The molecule has 0 saturated heterocycles. The fraction of sp³-hybridized carbons (Fsp3) is 0.259. The number of rotatable bonds is 3. The second-order valence-corrected chi connectivity index (χ2v) is 8.40. The molecule has 1 fully saturated rings. The van der Waals surface area contributed by atoms with Crippen LogP contribution in [0.25, 0.3) is 32.7 Å². The summed E-state index contributed by atoms with van der Waals surface area (Å²) >= 11 is 0. The number of aliphatic hydroxyl groups is 1. The van der Waals surface area contributed by atoms with Gasteiger partial charge in [0.05, 0.1) is 5.60 Å². The lowest BCUT2D eigenvalue weighted by Crippen LogP contribution is -2.29. The maximum absolute atomic E-state index is 11.2. The molecule has 4 aromatic carbocycles. The molecular formula is C27H26O. The van der Waals surface area contributed by atoms with Gasteiger partial charge in [-0.25, -0.2) is 0 Å². The molecule has 5 rings (SSSR count). The maximum atomic E-state index is 11.2. The van der Waals surface area contributed by atoms with Gasteiger partial charge in [-0.05, 0) is 70.0 Å². The van der Waals surface area contributed by atoms with Crippen LogP contribution in [0.15, 0.2) is 78.9 Å². The van der Waals surface area contributed by atoms with Crippen molar-refractivity contribution in [1.29, 1.82) is 0 Å². The van der Waals surface area contributed by atoms with Gasteiger partial charge < -0.3 is 5.11 Å². The summed E-state index contributed by atoms with van der Waals surface area (Å²) < 4.78 is 0. The van der Waals surface area contributed by atoms with Gasteiger partial charge in [0.15, 0.2) is 0 Å². The Morgan fingerprint density at radius 3 is 2.07 bits per heavy atom. The SMILES string of the molecule is CC(O)(c1ccc(-c2cc3ccccc3c3ccccc23)cc1)C1CCCC1. The Bertz CT molecular complexity index is 1130. The van der Waals surface area contributed by atoms with Gasteiger partial charge in [0.1, 0.15) is 0 Å². The Labute approximate surface area is 166 Å². The topological polar surface area (TPSA) is 20.2 Å². The highest BCUT2D eigenvalue weighted by Crippen LogP contribution is 2.41. The van der Waals surface area contributed by atoms with E-state index < -0.39 is 5.60 Å². The summed E-state index contributed by atoms with van der Waals surface area (Å²) in [6, 6.07) is 28.1. The van der Waals surface area contributed by atoms with E-state index in [9.17, 15) is 5.11 Å². The Hall–Kier alpha value is -2.64. The molecule has 1 atom stereocenters. The molecule has 140 valence electrons. The smallest absolute Gasteiger partial charge is 0.0896 e. The van der Waals surface area contributed by atoms with Gasteiger partial charge in [-0.15, -0.1) is 0 Å². The number of fused-ring (bicyclic) bond motifs is 3. The van der Waals surface area contributed by atoms with Crippen LogP contribution in [0.1, 0.15) is 38.2 Å². The van der Waals surface area contributed by atoms with Crippen molar-refractivity contribution in [2.24, 2.45) is 5.92 Å². The minimum atomic E-state index is -0.736. The summed E-state index contributed by atoms with van der Waals surface area (Å²) in [5.74, 6) is 0.375. The van der Waals surface area contributed by atoms with Gasteiger partial charge in [0.25, 0.3) is 0 Å². The largest absolute Gasteiger partial charge is 0.385 e. The average Bonchev–Trinajstić information content (AvgIpc) is 3.29. The van der Waals surface area contributed by atoms with E-state index in [-0.39, 0.29) is 0 Å². The molecule has 0 spiro atoms. The van der Waals surface area contributed by atoms with Crippen molar-refractivity contribution in [3.8, 4) is 11.1 Å². The molecule has 1 aliphatic rings. The molecule has 1 heteroatoms. The third-order valence-corrected chi connectivity index (χ3v) is 6.70. The number of hydrogen-bond donors (Lipinski definition) is 1. The average molecular weight is 367 g/mol. The van der Waals surface area contributed by atoms with Crippen molar-refractivity contribution in [2.75, 3.05) is 0 Å². The molecule has 0 radical (unpaired) electrons. The van der Waals surface area contributed by atoms with E-state index in [1.54, 1.807) is 0 Å². The molecule has 1 saturated carbocycles. The molecule has 0 aromatic heterocycles. The van der Waals surface area contributed by atoms with E-state index in [2.05, 4.69) is 78.9 Å². The Balaban J connectivity index is 1.62. The first-order chi connectivity index (χ1) is 13.6. The molecule has 0 bridgehead atoms. The molecule has 1 nitrogen and oxygen atoms in total. The van der Waals surface area contributed by atoms with Gasteiger partial charge >= 0.3 is 0 Å². The van der Waals surface area contributed by atoms with Gasteiger partial charge in [-0.3, -0.25) is 0 Å². The van der Waals surface area contributed by atoms with E-state index in [4.69, 9.17) is 0 Å². The zero-order valence-corrected chi connectivity index (χ0v) is 16.4. The minimum Gasteiger partial charge on any atom is -0.385 e. The summed E-state index contributed by atoms with van der Waals surface area (Å²) in [5.41, 5.74) is 2.75. The molecule has 28 heavy (non-hydrogen) atoms. The summed E-state index contributed by atoms with van der Waals surface area (Å²) in [6.07, 6.45) is 4.73. The van der Waals surface area contributed by atoms with Crippen molar-refractivity contribution < 1.29 is 5.11 Å². The van der Waals surface area contributed by atoms with E-state index >= 15 is 0 Å². The number of benzene rings is 4. The zero-order chi connectivity index (χ0) is 19.1. The summed E-state index contributed by atoms with van der Waals surface area (Å²) in [7, 11) is 0. The summed E-state index contributed by atoms with van der Waals surface area (Å²) in [4.78, 5) is 0. The lowest BCUT2D eigenvalue weighted by atomic mass is 9.81. The Morgan fingerprint density at radius 2 is 1.36 bits per heavy atom. The summed E-state index contributed by atoms with van der Waals surface area (Å²) in [5, 5.41) is 16.3. The van der Waals surface area contributed by atoms with E-state index in [1.165, 1.54) is 45.5 Å². The standard InChI is InChI=1S/C27H26O/c1-27(28,21-9-3-4-10-21)22-16-14-19(15-17-22)26-18-20-8-2-5-11-23(20)24-12-6-7-13-25(24)26/h2,5-8,11-18,21,28H,3-4,9-10H2,1H3. The fourth-order valence-electron chi connectivity index (χ4n) is 5.00. The zero-order valence-electron chi connectivity index (χ0n) is 16.4. The van der Waals surface area contributed by atoms with Crippen LogP contribution in [0, 0.1) is 5.92 Å². The van der Waals surface area contributed by atoms with Crippen LogP contribution in [-0.4, -0.2) is 5.11 Å². The highest BCUT2D eigenvalue weighted by molar-refractivity contribution is 6.13. The molecule has 1 unspecified atom stereocenters. The first kappa shape index (κ1) is 17.5. The predicted octanol–water partition coefficient (Wildman–Crippen LogP) is 7.06. The molecule has 1 aliphatic carbocycles.